The van der Waals surface area contributed by atoms with Crippen LogP contribution in [-0.2, 0) is 28.8 Å². The van der Waals surface area contributed by atoms with Crippen molar-refractivity contribution < 1.29 is 33.6 Å². The Bertz CT molecular complexity index is 1690. The maximum atomic E-state index is 14.0. The molecule has 0 saturated heterocycles. The second kappa shape index (κ2) is 20.1. The van der Waals surface area contributed by atoms with E-state index in [9.17, 15) is 33.6 Å². The Morgan fingerprint density at radius 3 is 2.12 bits per heavy atom. The summed E-state index contributed by atoms with van der Waals surface area (Å²) in [6, 6.07) is 3.83. The fourth-order valence-corrected chi connectivity index (χ4v) is 7.50. The van der Waals surface area contributed by atoms with Crippen LogP contribution in [0.5, 0.6) is 0 Å². The van der Waals surface area contributed by atoms with Crippen molar-refractivity contribution in [2.45, 2.75) is 122 Å². The summed E-state index contributed by atoms with van der Waals surface area (Å²) in [6.07, 6.45) is 10.8. The van der Waals surface area contributed by atoms with Crippen LogP contribution in [0.2, 0.25) is 0 Å². The van der Waals surface area contributed by atoms with Gasteiger partial charge in [0.25, 0.3) is 11.8 Å². The van der Waals surface area contributed by atoms with Crippen LogP contribution in [0.4, 0.5) is 0 Å². The molecule has 2 aromatic rings. The van der Waals surface area contributed by atoms with Gasteiger partial charge in [0.1, 0.15) is 23.8 Å². The first-order valence-electron chi connectivity index (χ1n) is 19.7. The fraction of sp³-hybridized carbons (Fsp3) is 0.585. The number of nitrogens with zero attached hydrogens (tertiary/aromatic N) is 3. The molecule has 0 radical (unpaired) electrons. The number of amides is 6. The molecule has 4 rings (SSSR count). The van der Waals surface area contributed by atoms with E-state index < -0.39 is 82.8 Å². The maximum Gasteiger partial charge on any atom is 0.290 e. The van der Waals surface area contributed by atoms with E-state index in [0.29, 0.717) is 31.2 Å². The zero-order chi connectivity index (χ0) is 41.0. The summed E-state index contributed by atoms with van der Waals surface area (Å²) in [7, 11) is 3.11. The molecule has 2 aliphatic carbocycles. The number of Topliss-reactive ketones (excluding diaryl/α,β-unsaturated/α-hetero) is 1. The molecule has 1 heterocycles. The van der Waals surface area contributed by atoms with Crippen LogP contribution in [0.1, 0.15) is 114 Å². The third kappa shape index (κ3) is 11.7. The molecule has 0 spiro atoms. The largest absolute Gasteiger partial charge is 0.351 e. The highest BCUT2D eigenvalue weighted by Gasteiger charge is 2.42. The predicted octanol–water partition coefficient (Wildman–Crippen LogP) is 2.77. The summed E-state index contributed by atoms with van der Waals surface area (Å²) in [6.45, 7) is 7.30. The van der Waals surface area contributed by atoms with E-state index in [0.717, 1.165) is 32.1 Å². The Kier molecular flexibility index (Phi) is 15.6. The number of carbonyl (C=O) groups excluding carboxylic acids is 7. The van der Waals surface area contributed by atoms with E-state index in [1.54, 1.807) is 44.4 Å². The Labute approximate surface area is 329 Å². The van der Waals surface area contributed by atoms with Crippen LogP contribution in [0.15, 0.2) is 48.9 Å². The Balaban J connectivity index is 1.45. The minimum absolute atomic E-state index is 0.0797. The lowest BCUT2D eigenvalue weighted by Crippen LogP contribution is -2.61. The quantitative estimate of drug-likeness (QED) is 0.159. The Hall–Kier alpha value is -5.21. The fourth-order valence-electron chi connectivity index (χ4n) is 7.50. The van der Waals surface area contributed by atoms with Crippen LogP contribution in [0, 0.1) is 17.3 Å². The van der Waals surface area contributed by atoms with Gasteiger partial charge in [0, 0.05) is 32.5 Å². The van der Waals surface area contributed by atoms with E-state index in [2.05, 4.69) is 36.6 Å². The van der Waals surface area contributed by atoms with Gasteiger partial charge < -0.3 is 31.5 Å². The monoisotopic (exact) mass is 774 g/mol. The topological polar surface area (TPSA) is 209 Å². The molecule has 6 atom stereocenters. The maximum absolute atomic E-state index is 14.0. The molecule has 6 amide bonds. The van der Waals surface area contributed by atoms with Crippen LogP contribution in [0.25, 0.3) is 0 Å². The minimum Gasteiger partial charge on any atom is -0.351 e. The van der Waals surface area contributed by atoms with E-state index in [-0.39, 0.29) is 18.0 Å². The second-order valence-electron chi connectivity index (χ2n) is 16.2. The van der Waals surface area contributed by atoms with Crippen molar-refractivity contribution in [3.8, 4) is 0 Å². The van der Waals surface area contributed by atoms with Crippen molar-refractivity contribution in [1.29, 1.82) is 0 Å². The summed E-state index contributed by atoms with van der Waals surface area (Å²) < 4.78 is 0. The first-order valence-corrected chi connectivity index (χ1v) is 19.7. The number of rotatable bonds is 16. The van der Waals surface area contributed by atoms with Gasteiger partial charge in [-0.25, -0.2) is 4.98 Å². The lowest BCUT2D eigenvalue weighted by Gasteiger charge is -2.35. The van der Waals surface area contributed by atoms with Crippen LogP contribution < -0.4 is 26.6 Å². The number of ketones is 1. The van der Waals surface area contributed by atoms with Crippen molar-refractivity contribution in [1.82, 2.24) is 41.5 Å². The number of likely N-dealkylation sites (N-methyl/N-ethyl adjacent to an activating group) is 1. The zero-order valence-corrected chi connectivity index (χ0v) is 33.4. The van der Waals surface area contributed by atoms with E-state index in [1.165, 1.54) is 23.5 Å². The summed E-state index contributed by atoms with van der Waals surface area (Å²) in [4.78, 5) is 104. The normalized spacial score (nSPS) is 19.3. The van der Waals surface area contributed by atoms with Crippen LogP contribution >= 0.6 is 0 Å². The van der Waals surface area contributed by atoms with Gasteiger partial charge in [0.15, 0.2) is 0 Å². The van der Waals surface area contributed by atoms with E-state index in [4.69, 9.17) is 0 Å². The predicted molar refractivity (Wildman–Crippen MR) is 208 cm³/mol. The molecule has 304 valence electrons. The molecule has 1 unspecified atom stereocenters. The highest BCUT2D eigenvalue weighted by atomic mass is 16.2. The average Bonchev–Trinajstić information content (AvgIpc) is 3.65. The summed E-state index contributed by atoms with van der Waals surface area (Å²) in [5.41, 5.74) is -0.162. The molecule has 2 fully saturated rings. The molecular weight excluding hydrogens is 716 g/mol. The smallest absolute Gasteiger partial charge is 0.290 e. The zero-order valence-electron chi connectivity index (χ0n) is 33.4. The summed E-state index contributed by atoms with van der Waals surface area (Å²) in [5, 5.41) is 14.1. The molecule has 2 saturated carbocycles. The number of hydrogen-bond donors (Lipinski definition) is 5. The van der Waals surface area contributed by atoms with Gasteiger partial charge in [-0.3, -0.25) is 38.5 Å². The summed E-state index contributed by atoms with van der Waals surface area (Å²) in [5.74, 6) is -5.07. The molecule has 0 aliphatic heterocycles. The van der Waals surface area contributed by atoms with Gasteiger partial charge in [0.2, 0.25) is 29.4 Å². The standard InChI is InChI=1S/C41H58N8O7/c1-7-15-29(33(50)38(54)47-32(40(56)49(5)6)26-18-12-9-13-19-26)45-35(51)27-20-14-21-28(27)44-39(55)34(41(2,3)4)48-37(53)31(25-16-10-8-11-17-25)46-36(52)30-24-42-22-23-43-30/h9,12-13,18-19,22-25,27-29,31-32,34H,7-8,10-11,14-17,20-21H2,1-6H3,(H,44,55)(H,45,51)(H,46,52)(H,47,54)(H,48,53)/t27-,28+,29+,31+,32-,34?/m1/s1. The van der Waals surface area contributed by atoms with Crippen molar-refractivity contribution in [3.63, 3.8) is 0 Å². The first kappa shape index (κ1) is 43.5. The van der Waals surface area contributed by atoms with E-state index >= 15 is 0 Å². The van der Waals surface area contributed by atoms with Crippen LogP contribution in [0.3, 0.4) is 0 Å². The lowest BCUT2D eigenvalue weighted by molar-refractivity contribution is -0.143. The summed E-state index contributed by atoms with van der Waals surface area (Å²) >= 11 is 0. The van der Waals surface area contributed by atoms with Gasteiger partial charge in [-0.15, -0.1) is 0 Å². The molecule has 1 aromatic carbocycles. The van der Waals surface area contributed by atoms with Crippen molar-refractivity contribution >= 4 is 41.2 Å². The Morgan fingerprint density at radius 2 is 1.52 bits per heavy atom. The second-order valence-corrected chi connectivity index (χ2v) is 16.2. The first-order chi connectivity index (χ1) is 26.6. The minimum atomic E-state index is -1.15. The third-order valence-electron chi connectivity index (χ3n) is 10.6. The number of aromatic nitrogens is 2. The van der Waals surface area contributed by atoms with Gasteiger partial charge in [0.05, 0.1) is 18.2 Å². The number of hydrogen-bond acceptors (Lipinski definition) is 9. The molecule has 15 heteroatoms. The van der Waals surface area contributed by atoms with Crippen LogP contribution in [-0.4, -0.2) is 94.4 Å². The number of nitrogens with one attached hydrogen (secondary N) is 5. The Morgan fingerprint density at radius 1 is 0.821 bits per heavy atom. The van der Waals surface area contributed by atoms with Gasteiger partial charge in [-0.05, 0) is 49.0 Å². The molecule has 56 heavy (non-hydrogen) atoms. The lowest BCUT2D eigenvalue weighted by atomic mass is 9.82. The molecular formula is C41H58N8O7. The van der Waals surface area contributed by atoms with E-state index in [1.807, 2.05) is 27.7 Å². The van der Waals surface area contributed by atoms with Gasteiger partial charge in [-0.2, -0.15) is 0 Å². The highest BCUT2D eigenvalue weighted by Crippen LogP contribution is 2.30. The number of benzene rings is 1. The molecule has 15 nitrogen and oxygen atoms in total. The SMILES string of the molecule is CCC[C@H](NC(=O)[C@@H]1CCC[C@@H]1NC(=O)C(NC(=O)[C@@H](NC(=O)c1cnccn1)C1CCCCC1)C(C)(C)C)C(=O)C(=O)N[C@@H](C(=O)N(C)C)c1ccccc1. The molecule has 1 aromatic heterocycles. The van der Waals surface area contributed by atoms with Crippen molar-refractivity contribution in [3.05, 3.63) is 60.2 Å². The van der Waals surface area contributed by atoms with Gasteiger partial charge in [-0.1, -0.05) is 90.1 Å². The van der Waals surface area contributed by atoms with Crippen molar-refractivity contribution in [2.75, 3.05) is 14.1 Å². The molecule has 2 aliphatic rings. The average molecular weight is 775 g/mol. The molecule has 0 bridgehead atoms. The number of carbonyl (C=O) groups is 7. The highest BCUT2D eigenvalue weighted by molar-refractivity contribution is 6.38. The van der Waals surface area contributed by atoms with Crippen molar-refractivity contribution in [2.24, 2.45) is 17.3 Å². The molecule has 5 N–H and O–H groups in total. The van der Waals surface area contributed by atoms with Gasteiger partial charge >= 0.3 is 0 Å². The third-order valence-corrected chi connectivity index (χ3v) is 10.6.